The summed E-state index contributed by atoms with van der Waals surface area (Å²) in [7, 11) is 1.55. The number of carbonyl (C=O) groups excluding carboxylic acids is 3. The van der Waals surface area contributed by atoms with E-state index in [1.54, 1.807) is 30.2 Å². The molecule has 2 saturated heterocycles. The van der Waals surface area contributed by atoms with Crippen molar-refractivity contribution in [1.29, 1.82) is 0 Å². The van der Waals surface area contributed by atoms with Crippen LogP contribution in [0.25, 0.3) is 28.0 Å². The summed E-state index contributed by atoms with van der Waals surface area (Å²) in [5, 5.41) is 43.9. The molecule has 0 saturated carbocycles. The van der Waals surface area contributed by atoms with E-state index >= 15 is 0 Å². The van der Waals surface area contributed by atoms with Crippen molar-refractivity contribution in [3.8, 4) is 51.8 Å². The Morgan fingerprint density at radius 1 is 0.827 bits per heavy atom. The first-order chi connectivity index (χ1) is 39.3. The number of anilines is 1. The lowest BCUT2D eigenvalue weighted by Gasteiger charge is -2.34. The molecule has 23 nitrogen and oxygen atoms in total. The van der Waals surface area contributed by atoms with Gasteiger partial charge in [0.15, 0.2) is 17.3 Å². The summed E-state index contributed by atoms with van der Waals surface area (Å²) in [5.74, 6) is 2.60. The van der Waals surface area contributed by atoms with Crippen LogP contribution in [-0.2, 0) is 17.8 Å². The van der Waals surface area contributed by atoms with E-state index in [2.05, 4.69) is 46.1 Å². The highest BCUT2D eigenvalue weighted by Gasteiger charge is 2.34. The van der Waals surface area contributed by atoms with E-state index in [0.29, 0.717) is 116 Å². The molecular formula is C58H64N14O9. The Balaban J connectivity index is 0.597. The maximum absolute atomic E-state index is 13.4. The van der Waals surface area contributed by atoms with Gasteiger partial charge in [0, 0.05) is 100 Å². The zero-order valence-corrected chi connectivity index (χ0v) is 45.4. The number of ether oxygens (including phenoxy) is 3. The summed E-state index contributed by atoms with van der Waals surface area (Å²) in [6, 6.07) is 21.4. The number of aromatic nitrogens is 6. The molecule has 4 aliphatic rings. The molecule has 0 unspecified atom stereocenters. The molecule has 81 heavy (non-hydrogen) atoms. The molecule has 3 aromatic heterocycles. The number of likely N-dealkylation sites (tertiary alicyclic amines) is 1. The van der Waals surface area contributed by atoms with E-state index in [0.717, 1.165) is 60.8 Å². The number of aromatic hydroxyl groups is 3. The average molecular weight is 1100 g/mol. The Labute approximate surface area is 466 Å². The van der Waals surface area contributed by atoms with Crippen LogP contribution in [0.1, 0.15) is 72.5 Å². The first kappa shape index (κ1) is 53.7. The Morgan fingerprint density at radius 3 is 2.36 bits per heavy atom. The van der Waals surface area contributed by atoms with Crippen LogP contribution in [0, 0.1) is 5.92 Å². The maximum atomic E-state index is 13.4. The molecule has 4 aromatic carbocycles. The van der Waals surface area contributed by atoms with Crippen LogP contribution in [-0.4, -0.2) is 167 Å². The molecule has 6 N–H and O–H groups in total. The van der Waals surface area contributed by atoms with Crippen molar-refractivity contribution in [2.24, 2.45) is 15.9 Å². The van der Waals surface area contributed by atoms with Gasteiger partial charge in [-0.05, 0) is 103 Å². The smallest absolute Gasteiger partial charge is 0.415 e. The van der Waals surface area contributed by atoms with Crippen LogP contribution in [0.2, 0.25) is 0 Å². The third-order valence-corrected chi connectivity index (χ3v) is 15.4. The molecule has 3 amide bonds. The number of nitrogens with one attached hydrogen (secondary N) is 1. The lowest BCUT2D eigenvalue weighted by molar-refractivity contribution is -0.131. The van der Waals surface area contributed by atoms with Crippen LogP contribution < -0.4 is 25.3 Å². The molecule has 7 heterocycles. The Kier molecular flexibility index (Phi) is 15.4. The summed E-state index contributed by atoms with van der Waals surface area (Å²) < 4.78 is 21.5. The van der Waals surface area contributed by atoms with Gasteiger partial charge in [-0.3, -0.25) is 29.7 Å². The van der Waals surface area contributed by atoms with Crippen LogP contribution in [0.5, 0.6) is 34.8 Å². The summed E-state index contributed by atoms with van der Waals surface area (Å²) in [6.45, 7) is 10.8. The van der Waals surface area contributed by atoms with Crippen molar-refractivity contribution in [3.63, 3.8) is 0 Å². The standard InChI is InChI=1S/C58H64N14O9/c1-35(2)43-31-44(47(74)32-46(43)73)53-65-66-57(77)72(53)40-7-11-45-38(30-40)16-22-68(45)19-13-36-14-20-69(21-15-36)49(75)29-37-5-8-41(9-6-37)81-58(78)70-26-24-67(25-27-70)18-4-28-80-48-12-10-42-50(51(48)79-3)63-56(71-23-17-60-52(42)71)64-54(76)39-33-61-55(59)62-34-39/h5-12,16,22,30-36,73-74H,4,13-15,17-21,23-29H2,1-3H3,(H,66,77)(H2,59,61,62)(H,63,64,76). The number of amides is 3. The number of methoxy groups -OCH3 is 1. The number of aliphatic imine (C=N–C) groups is 2. The minimum absolute atomic E-state index is 0.0103. The molecule has 0 bridgehead atoms. The quantitative estimate of drug-likeness (QED) is 0.0650. The van der Waals surface area contributed by atoms with Crippen LogP contribution in [0.3, 0.4) is 0 Å². The van der Waals surface area contributed by atoms with Gasteiger partial charge in [-0.15, -0.1) is 5.10 Å². The molecule has 4 aliphatic heterocycles. The van der Waals surface area contributed by atoms with Crippen molar-refractivity contribution >= 4 is 52.2 Å². The molecule has 0 radical (unpaired) electrons. The molecule has 0 spiro atoms. The van der Waals surface area contributed by atoms with Gasteiger partial charge in [0.2, 0.25) is 17.8 Å². The van der Waals surface area contributed by atoms with Crippen molar-refractivity contribution in [2.45, 2.75) is 58.4 Å². The molecule has 2 fully saturated rings. The average Bonchev–Trinajstić information content (AvgIpc) is 4.43. The second-order valence-corrected chi connectivity index (χ2v) is 20.9. The molecule has 23 heteroatoms. The van der Waals surface area contributed by atoms with E-state index in [-0.39, 0.29) is 53.1 Å². The Morgan fingerprint density at radius 2 is 1.60 bits per heavy atom. The maximum Gasteiger partial charge on any atom is 0.415 e. The number of rotatable bonds is 16. The van der Waals surface area contributed by atoms with Crippen LogP contribution >= 0.6 is 0 Å². The number of benzene rings is 4. The van der Waals surface area contributed by atoms with Crippen LogP contribution in [0.4, 0.5) is 16.4 Å². The number of phenols is 2. The number of hydrogen-bond donors (Lipinski definition) is 5. The number of phenolic OH excluding ortho intramolecular Hbond substituents is 2. The van der Waals surface area contributed by atoms with Crippen molar-refractivity contribution < 1.29 is 43.9 Å². The van der Waals surface area contributed by atoms with E-state index in [1.165, 1.54) is 23.0 Å². The zero-order valence-electron chi connectivity index (χ0n) is 45.4. The molecule has 7 aromatic rings. The Bertz CT molecular complexity index is 3540. The number of piperazine rings is 1. The van der Waals surface area contributed by atoms with Gasteiger partial charge in [-0.25, -0.2) is 24.3 Å². The number of fused-ring (bicyclic) bond motifs is 4. The normalized spacial score (nSPS) is 15.6. The molecule has 0 atom stereocenters. The third-order valence-electron chi connectivity index (χ3n) is 15.4. The number of nitrogens with zero attached hydrogens (tertiary/aromatic N) is 12. The second-order valence-electron chi connectivity index (χ2n) is 20.9. The highest BCUT2D eigenvalue weighted by Crippen LogP contribution is 2.44. The molecular weight excluding hydrogens is 1040 g/mol. The number of nitrogens with two attached hydrogens (primary N) is 1. The monoisotopic (exact) mass is 1100 g/mol. The van der Waals surface area contributed by atoms with Gasteiger partial charge >= 0.3 is 12.1 Å². The third kappa shape index (κ3) is 11.5. The lowest BCUT2D eigenvalue weighted by Crippen LogP contribution is -2.49. The number of guanidine groups is 1. The van der Waals surface area contributed by atoms with Crippen molar-refractivity contribution in [3.05, 3.63) is 114 Å². The van der Waals surface area contributed by atoms with E-state index in [4.69, 9.17) is 24.9 Å². The van der Waals surface area contributed by atoms with Gasteiger partial charge in [-0.1, -0.05) is 31.1 Å². The van der Waals surface area contributed by atoms with Gasteiger partial charge in [0.25, 0.3) is 5.91 Å². The summed E-state index contributed by atoms with van der Waals surface area (Å²) >= 11 is 0. The number of amidine groups is 1. The largest absolute Gasteiger partial charge is 0.508 e. The molecule has 420 valence electrons. The first-order valence-electron chi connectivity index (χ1n) is 27.3. The number of piperidine rings is 1. The predicted molar refractivity (Wildman–Crippen MR) is 302 cm³/mol. The highest BCUT2D eigenvalue weighted by atomic mass is 16.6. The fraction of sp³-hybridized carbons (Fsp3) is 0.362. The highest BCUT2D eigenvalue weighted by molar-refractivity contribution is 6.20. The van der Waals surface area contributed by atoms with Gasteiger partial charge in [0.05, 0.1) is 43.5 Å². The minimum Gasteiger partial charge on any atom is -0.508 e. The van der Waals surface area contributed by atoms with Crippen molar-refractivity contribution in [2.75, 3.05) is 78.4 Å². The molecule has 11 rings (SSSR count). The fourth-order valence-corrected chi connectivity index (χ4v) is 10.9. The summed E-state index contributed by atoms with van der Waals surface area (Å²) in [4.78, 5) is 64.8. The fourth-order valence-electron chi connectivity index (χ4n) is 10.9. The lowest BCUT2D eigenvalue weighted by atomic mass is 9.93. The van der Waals surface area contributed by atoms with Crippen molar-refractivity contribution in [1.82, 2.24) is 54.2 Å². The first-order valence-corrected chi connectivity index (χ1v) is 27.3. The summed E-state index contributed by atoms with van der Waals surface area (Å²) in [6.07, 6.45) is 8.15. The van der Waals surface area contributed by atoms with Gasteiger partial charge < -0.3 is 49.6 Å². The van der Waals surface area contributed by atoms with E-state index in [9.17, 15) is 29.7 Å². The number of aryl methyl sites for hydroxylation is 1. The topological polar surface area (TPSA) is 277 Å². The van der Waals surface area contributed by atoms with E-state index < -0.39 is 12.0 Å². The van der Waals surface area contributed by atoms with Gasteiger partial charge in [0.1, 0.15) is 28.8 Å². The predicted octanol–water partition coefficient (Wildman–Crippen LogP) is 6.46. The Hall–Kier alpha value is -9.25. The van der Waals surface area contributed by atoms with E-state index in [1.807, 2.05) is 72.2 Å². The zero-order chi connectivity index (χ0) is 56.3. The van der Waals surface area contributed by atoms with Gasteiger partial charge in [-0.2, -0.15) is 0 Å². The summed E-state index contributed by atoms with van der Waals surface area (Å²) in [5.41, 5.74) is 10.6. The number of nitrogen functional groups attached to an aromatic ring is 1. The number of hydrogen-bond acceptors (Lipinski definition) is 18. The minimum atomic E-state index is -0.438. The second kappa shape index (κ2) is 23.2. The van der Waals surface area contributed by atoms with Crippen LogP contribution in [0.15, 0.2) is 101 Å². The molecule has 0 aliphatic carbocycles. The SMILES string of the molecule is COc1c(OCCCN2CCN(C(=O)Oc3ccc(CC(=O)N4CCC(CCn5ccc6cc(-n7c(O)nnc7-c7cc(C(C)C)c(O)cc7O)ccc65)CC4)cc3)CC2)ccc2c1N=C(NC(=O)c1cnc(N)nc1)N1CCN=C21. The number of carbonyl (C=O) groups is 3.